The fraction of sp³-hybridized carbons (Fsp3) is 0.0690. The van der Waals surface area contributed by atoms with Crippen LogP contribution in [0.25, 0.3) is 17.4 Å². The van der Waals surface area contributed by atoms with E-state index < -0.39 is 5.91 Å². The van der Waals surface area contributed by atoms with Crippen molar-refractivity contribution >= 4 is 58.2 Å². The van der Waals surface area contributed by atoms with Crippen LogP contribution in [0.4, 0.5) is 11.4 Å². The maximum absolute atomic E-state index is 12.6. The molecule has 0 bridgehead atoms. The molecule has 1 heterocycles. The summed E-state index contributed by atoms with van der Waals surface area (Å²) >= 11 is 11.5. The molecule has 4 rings (SSSR count). The highest BCUT2D eigenvalue weighted by Crippen LogP contribution is 2.27. The number of nitrogens with one attached hydrogen (secondary N) is 3. The lowest BCUT2D eigenvalue weighted by Crippen LogP contribution is -2.32. The zero-order valence-corrected chi connectivity index (χ0v) is 21.7. The van der Waals surface area contributed by atoms with E-state index in [0.717, 1.165) is 16.7 Å². The molecular weight excluding hydrogens is 506 g/mol. The molecule has 0 aliphatic carbocycles. The minimum absolute atomic E-state index is 0.117. The molecule has 1 aromatic heterocycles. The summed E-state index contributed by atoms with van der Waals surface area (Å²) in [6.45, 7) is 3.81. The highest BCUT2D eigenvalue weighted by Gasteiger charge is 2.10. The number of anilines is 2. The second-order valence-electron chi connectivity index (χ2n) is 8.29. The second kappa shape index (κ2) is 11.7. The number of rotatable bonds is 6. The van der Waals surface area contributed by atoms with Crippen LogP contribution in [0, 0.1) is 13.8 Å². The molecule has 0 unspecified atom stereocenters. The van der Waals surface area contributed by atoms with Crippen LogP contribution in [-0.4, -0.2) is 16.9 Å². The molecule has 0 saturated carbocycles. The first kappa shape index (κ1) is 25.9. The van der Waals surface area contributed by atoms with Crippen molar-refractivity contribution in [3.63, 3.8) is 0 Å². The van der Waals surface area contributed by atoms with Crippen LogP contribution >= 0.6 is 23.8 Å². The van der Waals surface area contributed by atoms with Gasteiger partial charge in [0.15, 0.2) is 5.11 Å². The van der Waals surface area contributed by atoms with Gasteiger partial charge in [-0.25, -0.2) is 0 Å². The molecule has 3 aromatic carbocycles. The van der Waals surface area contributed by atoms with Crippen molar-refractivity contribution in [3.8, 4) is 11.3 Å². The fourth-order valence-corrected chi connectivity index (χ4v) is 3.92. The Balaban J connectivity index is 1.32. The maximum atomic E-state index is 12.6. The summed E-state index contributed by atoms with van der Waals surface area (Å²) in [5.74, 6) is 0.534. The highest BCUT2D eigenvalue weighted by atomic mass is 35.5. The van der Waals surface area contributed by atoms with E-state index in [1.54, 1.807) is 42.5 Å². The number of benzene rings is 3. The first-order chi connectivity index (χ1) is 17.8. The van der Waals surface area contributed by atoms with Crippen LogP contribution in [0.2, 0.25) is 5.02 Å². The van der Waals surface area contributed by atoms with Crippen molar-refractivity contribution in [2.24, 2.45) is 0 Å². The highest BCUT2D eigenvalue weighted by molar-refractivity contribution is 7.80. The van der Waals surface area contributed by atoms with Gasteiger partial charge in [-0.3, -0.25) is 14.9 Å². The normalized spacial score (nSPS) is 10.8. The number of amides is 2. The molecule has 0 saturated heterocycles. The van der Waals surface area contributed by atoms with Crippen LogP contribution in [-0.2, 0) is 4.79 Å². The van der Waals surface area contributed by atoms with E-state index in [1.165, 1.54) is 6.08 Å². The topological polar surface area (TPSA) is 83.4 Å². The second-order valence-corrected chi connectivity index (χ2v) is 9.11. The average Bonchev–Trinajstić information content (AvgIpc) is 3.34. The Labute approximate surface area is 225 Å². The summed E-state index contributed by atoms with van der Waals surface area (Å²) in [7, 11) is 0. The summed E-state index contributed by atoms with van der Waals surface area (Å²) < 4.78 is 5.79. The van der Waals surface area contributed by atoms with Gasteiger partial charge in [-0.15, -0.1) is 0 Å². The zero-order valence-electron chi connectivity index (χ0n) is 20.2. The van der Waals surface area contributed by atoms with E-state index in [4.69, 9.17) is 28.2 Å². The first-order valence-electron chi connectivity index (χ1n) is 11.4. The van der Waals surface area contributed by atoms with Crippen LogP contribution in [0.15, 0.2) is 89.4 Å². The van der Waals surface area contributed by atoms with E-state index in [-0.39, 0.29) is 11.0 Å². The predicted octanol–water partition coefficient (Wildman–Crippen LogP) is 7.00. The Bertz CT molecular complexity index is 1510. The Morgan fingerprint density at radius 3 is 2.38 bits per heavy atom. The average molecular weight is 530 g/mol. The van der Waals surface area contributed by atoms with Crippen molar-refractivity contribution in [2.45, 2.75) is 13.8 Å². The molecule has 0 atom stereocenters. The molecule has 0 aliphatic rings. The van der Waals surface area contributed by atoms with E-state index in [2.05, 4.69) is 16.0 Å². The van der Waals surface area contributed by atoms with Gasteiger partial charge in [0, 0.05) is 33.6 Å². The van der Waals surface area contributed by atoms with Gasteiger partial charge in [0.2, 0.25) is 5.91 Å². The molecule has 3 N–H and O–H groups in total. The molecule has 2 amide bonds. The summed E-state index contributed by atoms with van der Waals surface area (Å²) in [6.07, 6.45) is 2.89. The predicted molar refractivity (Wildman–Crippen MR) is 153 cm³/mol. The van der Waals surface area contributed by atoms with Gasteiger partial charge in [0.05, 0.1) is 0 Å². The summed E-state index contributed by atoms with van der Waals surface area (Å²) in [5, 5.41) is 9.19. The maximum Gasteiger partial charge on any atom is 0.255 e. The van der Waals surface area contributed by atoms with Crippen molar-refractivity contribution in [2.75, 3.05) is 10.6 Å². The van der Waals surface area contributed by atoms with Crippen molar-refractivity contribution in [1.29, 1.82) is 0 Å². The molecule has 0 spiro atoms. The molecule has 0 radical (unpaired) electrons. The van der Waals surface area contributed by atoms with Gasteiger partial charge < -0.3 is 15.1 Å². The number of thiocarbonyl (C=S) groups is 1. The number of carbonyl (C=O) groups excluding carboxylic acids is 2. The number of furan rings is 1. The van der Waals surface area contributed by atoms with Crippen LogP contribution in [0.1, 0.15) is 27.2 Å². The Kier molecular flexibility index (Phi) is 8.18. The number of hydrogen-bond acceptors (Lipinski definition) is 4. The van der Waals surface area contributed by atoms with Gasteiger partial charge >= 0.3 is 0 Å². The van der Waals surface area contributed by atoms with Gasteiger partial charge in [-0.1, -0.05) is 48.0 Å². The van der Waals surface area contributed by atoms with Gasteiger partial charge in [0.1, 0.15) is 11.5 Å². The fourth-order valence-electron chi connectivity index (χ4n) is 3.52. The van der Waals surface area contributed by atoms with Crippen molar-refractivity contribution in [1.82, 2.24) is 5.32 Å². The molecule has 0 fully saturated rings. The number of hydrogen-bond donors (Lipinski definition) is 3. The smallest absolute Gasteiger partial charge is 0.255 e. The molecule has 37 heavy (non-hydrogen) atoms. The molecule has 0 aliphatic heterocycles. The Morgan fingerprint density at radius 1 is 0.865 bits per heavy atom. The van der Waals surface area contributed by atoms with Crippen molar-refractivity contribution in [3.05, 3.63) is 112 Å². The summed E-state index contributed by atoms with van der Waals surface area (Å²) in [5.41, 5.74) is 4.53. The van der Waals surface area contributed by atoms with E-state index in [9.17, 15) is 9.59 Å². The summed E-state index contributed by atoms with van der Waals surface area (Å²) in [4.78, 5) is 24.9. The molecule has 4 aromatic rings. The first-order valence-corrected chi connectivity index (χ1v) is 12.2. The Morgan fingerprint density at radius 2 is 1.62 bits per heavy atom. The van der Waals surface area contributed by atoms with E-state index in [0.29, 0.717) is 33.5 Å². The van der Waals surface area contributed by atoms with Crippen molar-refractivity contribution < 1.29 is 14.0 Å². The zero-order chi connectivity index (χ0) is 26.4. The lowest BCUT2D eigenvalue weighted by molar-refractivity contribution is -0.115. The minimum atomic E-state index is -0.419. The molecule has 8 heteroatoms. The number of carbonyl (C=O) groups is 2. The monoisotopic (exact) mass is 529 g/mol. The number of halogens is 1. The van der Waals surface area contributed by atoms with Crippen LogP contribution < -0.4 is 16.0 Å². The van der Waals surface area contributed by atoms with E-state index >= 15 is 0 Å². The molecular formula is C29H24ClN3O3S. The Hall–Kier alpha value is -4.20. The lowest BCUT2D eigenvalue weighted by atomic mass is 10.1. The molecule has 6 nitrogen and oxygen atoms in total. The van der Waals surface area contributed by atoms with Crippen LogP contribution in [0.3, 0.4) is 0 Å². The van der Waals surface area contributed by atoms with E-state index in [1.807, 2.05) is 56.3 Å². The standard InChI is InChI=1S/C29H24ClN3O3S/c1-18-6-3-4-9-24(18)28(35)31-21-7-5-8-22(17-21)32-29(37)33-27(34)15-13-23-12-14-26(36-23)20-11-10-19(2)25(30)16-20/h3-17H,1-2H3,(H,31,35)(H2,32,33,34,37)/b15-13+. The third-order valence-electron chi connectivity index (χ3n) is 5.49. The lowest BCUT2D eigenvalue weighted by Gasteiger charge is -2.11. The van der Waals surface area contributed by atoms with Gasteiger partial charge in [0.25, 0.3) is 5.91 Å². The SMILES string of the molecule is Cc1ccc(-c2ccc(/C=C/C(=O)NC(=S)Nc3cccc(NC(=O)c4ccccc4C)c3)o2)cc1Cl. The minimum Gasteiger partial charge on any atom is -0.457 e. The largest absolute Gasteiger partial charge is 0.457 e. The quantitative estimate of drug-likeness (QED) is 0.185. The van der Waals surface area contributed by atoms with Crippen LogP contribution in [0.5, 0.6) is 0 Å². The summed E-state index contributed by atoms with van der Waals surface area (Å²) in [6, 6.07) is 23.7. The van der Waals surface area contributed by atoms with Gasteiger partial charge in [-0.05, 0) is 85.7 Å². The third kappa shape index (κ3) is 6.94. The number of aryl methyl sites for hydroxylation is 2. The molecule has 186 valence electrons. The third-order valence-corrected chi connectivity index (χ3v) is 6.10. The van der Waals surface area contributed by atoms with Gasteiger partial charge in [-0.2, -0.15) is 0 Å².